The molecule has 0 unspecified atom stereocenters. The van der Waals surface area contributed by atoms with Crippen LogP contribution in [0.25, 0.3) is 0 Å². The Labute approximate surface area is 211 Å². The van der Waals surface area contributed by atoms with E-state index >= 15 is 0 Å². The summed E-state index contributed by atoms with van der Waals surface area (Å²) in [7, 11) is 0. The maximum atomic E-state index is 12.8. The lowest BCUT2D eigenvalue weighted by molar-refractivity contribution is -0.135. The lowest BCUT2D eigenvalue weighted by Gasteiger charge is -2.23. The molecule has 2 heterocycles. The standard InChI is InChI=1S/C28H35NO7/c1-18-8-4-5-12-23(31)27(35)28(36)24(32)13-7-10-19(2)14-15-21(30)16-25(33)29-17-20(3)26(34)22(29)11-6-9-18/h4-15,20,22,24,26-28,32,34-36H,16-17H2,1-3H3/b8-4-,11-6-,12-5+,13-7-,15-14-,18-9-,19-10-/t20-,22-,24+,26+,27+,28-/m0/s1. The minimum atomic E-state index is -1.81. The van der Waals surface area contributed by atoms with Crippen molar-refractivity contribution in [1.29, 1.82) is 0 Å². The Kier molecular flexibility index (Phi) is 11.1. The van der Waals surface area contributed by atoms with E-state index in [2.05, 4.69) is 0 Å². The number of ketones is 2. The van der Waals surface area contributed by atoms with Crippen molar-refractivity contribution >= 4 is 17.5 Å². The Morgan fingerprint density at radius 3 is 2.08 bits per heavy atom. The zero-order chi connectivity index (χ0) is 26.8. The molecule has 0 aliphatic carbocycles. The molecule has 194 valence electrons. The van der Waals surface area contributed by atoms with Crippen molar-refractivity contribution < 1.29 is 34.8 Å². The van der Waals surface area contributed by atoms with Gasteiger partial charge in [0.1, 0.15) is 18.3 Å². The van der Waals surface area contributed by atoms with Crippen LogP contribution in [0, 0.1) is 5.92 Å². The first-order valence-electron chi connectivity index (χ1n) is 11.8. The van der Waals surface area contributed by atoms with Gasteiger partial charge in [0, 0.05) is 12.5 Å². The van der Waals surface area contributed by atoms with Crippen molar-refractivity contribution in [2.24, 2.45) is 5.92 Å². The van der Waals surface area contributed by atoms with Gasteiger partial charge in [0.25, 0.3) is 0 Å². The summed E-state index contributed by atoms with van der Waals surface area (Å²) < 4.78 is 0. The summed E-state index contributed by atoms with van der Waals surface area (Å²) in [6.45, 7) is 5.71. The van der Waals surface area contributed by atoms with Crippen LogP contribution in [0.4, 0.5) is 0 Å². The maximum absolute atomic E-state index is 12.8. The van der Waals surface area contributed by atoms with E-state index < -0.39 is 42.0 Å². The van der Waals surface area contributed by atoms with Gasteiger partial charge in [-0.2, -0.15) is 0 Å². The first-order valence-corrected chi connectivity index (χ1v) is 11.8. The summed E-state index contributed by atoms with van der Waals surface area (Å²) in [6, 6.07) is -0.553. The molecule has 0 spiro atoms. The molecule has 0 saturated carbocycles. The van der Waals surface area contributed by atoms with Crippen molar-refractivity contribution in [1.82, 2.24) is 4.90 Å². The number of carbonyl (C=O) groups is 3. The second-order valence-corrected chi connectivity index (χ2v) is 9.12. The SMILES string of the molecule is CC1=C/C=C\[C@H]2[C@H](O)[C@@H](C)CN2C(=O)CC(=O)\C=C/C(C)=C\C=C/[C@@H](O)[C@H](O)[C@H](O)C(=O)/C=C/C=C\1. The third-order valence-electron chi connectivity index (χ3n) is 5.99. The third kappa shape index (κ3) is 8.49. The molecule has 0 aromatic rings. The van der Waals surface area contributed by atoms with E-state index in [1.807, 2.05) is 13.8 Å². The molecule has 0 aromatic carbocycles. The Balaban J connectivity index is 2.33. The number of carbonyl (C=O) groups excluding carboxylic acids is 3. The monoisotopic (exact) mass is 497 g/mol. The highest BCUT2D eigenvalue weighted by Gasteiger charge is 2.39. The van der Waals surface area contributed by atoms with Gasteiger partial charge in [0.15, 0.2) is 11.6 Å². The third-order valence-corrected chi connectivity index (χ3v) is 5.99. The first kappa shape index (κ1) is 29.1. The fourth-order valence-corrected chi connectivity index (χ4v) is 3.76. The minimum Gasteiger partial charge on any atom is -0.390 e. The molecule has 2 aliphatic rings. The number of hydrogen-bond acceptors (Lipinski definition) is 7. The number of aliphatic hydroxyl groups excluding tert-OH is 4. The molecule has 1 saturated heterocycles. The molecule has 8 heteroatoms. The van der Waals surface area contributed by atoms with E-state index in [1.165, 1.54) is 35.3 Å². The largest absolute Gasteiger partial charge is 0.390 e. The highest BCUT2D eigenvalue weighted by molar-refractivity contribution is 6.04. The van der Waals surface area contributed by atoms with Crippen LogP contribution in [0.2, 0.25) is 0 Å². The number of nitrogens with zero attached hydrogens (tertiary/aromatic N) is 1. The van der Waals surface area contributed by atoms with Crippen LogP contribution in [0.3, 0.4) is 0 Å². The van der Waals surface area contributed by atoms with E-state index in [-0.39, 0.29) is 18.2 Å². The molecule has 8 nitrogen and oxygen atoms in total. The molecular weight excluding hydrogens is 462 g/mol. The number of rotatable bonds is 0. The summed E-state index contributed by atoms with van der Waals surface area (Å²) in [4.78, 5) is 38.8. The molecule has 0 radical (unpaired) electrons. The first-order chi connectivity index (χ1) is 17.0. The smallest absolute Gasteiger partial charge is 0.230 e. The lowest BCUT2D eigenvalue weighted by Crippen LogP contribution is -2.40. The van der Waals surface area contributed by atoms with Gasteiger partial charge in [-0.05, 0) is 26.0 Å². The predicted octanol–water partition coefficient (Wildman–Crippen LogP) is 1.49. The Hall–Kier alpha value is -3.17. The molecule has 36 heavy (non-hydrogen) atoms. The van der Waals surface area contributed by atoms with Gasteiger partial charge in [-0.15, -0.1) is 0 Å². The van der Waals surface area contributed by atoms with Crippen molar-refractivity contribution in [3.63, 3.8) is 0 Å². The second kappa shape index (κ2) is 13.8. The van der Waals surface area contributed by atoms with Crippen LogP contribution in [0.5, 0.6) is 0 Å². The molecular formula is C28H35NO7. The van der Waals surface area contributed by atoms with Crippen molar-refractivity contribution in [2.75, 3.05) is 6.54 Å². The predicted molar refractivity (Wildman–Crippen MR) is 137 cm³/mol. The maximum Gasteiger partial charge on any atom is 0.230 e. The van der Waals surface area contributed by atoms with Gasteiger partial charge in [-0.1, -0.05) is 78.8 Å². The van der Waals surface area contributed by atoms with Gasteiger partial charge in [0.2, 0.25) is 5.91 Å². The fourth-order valence-electron chi connectivity index (χ4n) is 3.76. The molecule has 0 aromatic heterocycles. The number of allylic oxidation sites excluding steroid dienone is 11. The minimum absolute atomic E-state index is 0.137. The summed E-state index contributed by atoms with van der Waals surface area (Å²) >= 11 is 0. The van der Waals surface area contributed by atoms with Crippen LogP contribution in [-0.2, 0) is 14.4 Å². The van der Waals surface area contributed by atoms with E-state index in [1.54, 1.807) is 43.4 Å². The van der Waals surface area contributed by atoms with Crippen LogP contribution in [0.1, 0.15) is 27.2 Å². The molecule has 2 rings (SSSR count). The summed E-state index contributed by atoms with van der Waals surface area (Å²) in [5.74, 6) is -1.66. The van der Waals surface area contributed by atoms with Crippen molar-refractivity contribution in [3.05, 3.63) is 84.1 Å². The molecule has 0 bridgehead atoms. The summed E-state index contributed by atoms with van der Waals surface area (Å²) in [5, 5.41) is 40.7. The fraction of sp³-hybridized carbons (Fsp3) is 0.393. The Morgan fingerprint density at radius 1 is 0.778 bits per heavy atom. The topological polar surface area (TPSA) is 135 Å². The Bertz CT molecular complexity index is 1030. The normalized spacial score (nSPS) is 38.8. The van der Waals surface area contributed by atoms with Gasteiger partial charge in [-0.25, -0.2) is 0 Å². The number of hydrogen-bond donors (Lipinski definition) is 4. The van der Waals surface area contributed by atoms with Crippen LogP contribution in [0.15, 0.2) is 84.1 Å². The van der Waals surface area contributed by atoms with Crippen LogP contribution in [-0.4, -0.2) is 79.8 Å². The summed E-state index contributed by atoms with van der Waals surface area (Å²) in [6.07, 6.45) is 11.9. The lowest BCUT2D eigenvalue weighted by atomic mass is 10.0. The van der Waals surface area contributed by atoms with E-state index in [0.717, 1.165) is 11.6 Å². The van der Waals surface area contributed by atoms with Crippen LogP contribution < -0.4 is 0 Å². The summed E-state index contributed by atoms with van der Waals surface area (Å²) in [5.41, 5.74) is 1.44. The zero-order valence-electron chi connectivity index (χ0n) is 20.8. The zero-order valence-corrected chi connectivity index (χ0v) is 20.8. The van der Waals surface area contributed by atoms with Crippen molar-refractivity contribution in [3.8, 4) is 0 Å². The highest BCUT2D eigenvalue weighted by atomic mass is 16.4. The Morgan fingerprint density at radius 2 is 1.39 bits per heavy atom. The number of aliphatic hydroxyl groups is 4. The molecule has 4 N–H and O–H groups in total. The highest BCUT2D eigenvalue weighted by Crippen LogP contribution is 2.25. The van der Waals surface area contributed by atoms with Gasteiger partial charge in [-0.3, -0.25) is 14.4 Å². The van der Waals surface area contributed by atoms with E-state index in [9.17, 15) is 34.8 Å². The molecule has 6 atom stereocenters. The van der Waals surface area contributed by atoms with Crippen molar-refractivity contribution in [2.45, 2.75) is 57.6 Å². The van der Waals surface area contributed by atoms with Crippen LogP contribution >= 0.6 is 0 Å². The average Bonchev–Trinajstić information content (AvgIpc) is 3.12. The number of amides is 1. The van der Waals surface area contributed by atoms with Gasteiger partial charge in [0.05, 0.1) is 18.6 Å². The van der Waals surface area contributed by atoms with E-state index in [4.69, 9.17) is 0 Å². The van der Waals surface area contributed by atoms with E-state index in [0.29, 0.717) is 12.1 Å². The quantitative estimate of drug-likeness (QED) is 0.373. The second-order valence-electron chi connectivity index (χ2n) is 9.12. The van der Waals surface area contributed by atoms with Gasteiger partial charge < -0.3 is 25.3 Å². The molecule has 1 fully saturated rings. The van der Waals surface area contributed by atoms with Gasteiger partial charge >= 0.3 is 0 Å². The average molecular weight is 498 g/mol. The molecule has 1 amide bonds. The number of fused-ring (bicyclic) bond motifs is 1. The molecule has 2 aliphatic heterocycles.